The van der Waals surface area contributed by atoms with Crippen molar-refractivity contribution in [3.63, 3.8) is 0 Å². The van der Waals surface area contributed by atoms with E-state index in [1.165, 1.54) is 24.5 Å². The molecule has 3 heterocycles. The van der Waals surface area contributed by atoms with Crippen molar-refractivity contribution in [2.24, 2.45) is 10.7 Å². The molecule has 0 radical (unpaired) electrons. The Morgan fingerprint density at radius 2 is 1.64 bits per heavy atom. The van der Waals surface area contributed by atoms with Gasteiger partial charge in [0.05, 0.1) is 17.0 Å². The molecular formula is C30H22F4N8O3. The highest BCUT2D eigenvalue weighted by atomic mass is 19.4. The van der Waals surface area contributed by atoms with Gasteiger partial charge in [-0.3, -0.25) is 15.0 Å². The number of hydrogen-bond acceptors (Lipinski definition) is 7. The first-order chi connectivity index (χ1) is 21.5. The predicted molar refractivity (Wildman–Crippen MR) is 152 cm³/mol. The largest absolute Gasteiger partial charge is 0.417 e. The monoisotopic (exact) mass is 618 g/mol. The maximum absolute atomic E-state index is 14.9. The summed E-state index contributed by atoms with van der Waals surface area (Å²) in [5.74, 6) is -2.32. The Hall–Kier alpha value is -5.73. The van der Waals surface area contributed by atoms with Gasteiger partial charge in [-0.15, -0.1) is 0 Å². The predicted octanol–water partition coefficient (Wildman–Crippen LogP) is 4.42. The molecule has 0 spiro atoms. The van der Waals surface area contributed by atoms with Crippen molar-refractivity contribution in [3.8, 4) is 11.1 Å². The second-order valence-electron chi connectivity index (χ2n) is 10.2. The number of hydrogen-bond donors (Lipinski definition) is 3. The van der Waals surface area contributed by atoms with E-state index in [4.69, 9.17) is 5.73 Å². The molecule has 0 saturated heterocycles. The van der Waals surface area contributed by atoms with Gasteiger partial charge in [0.15, 0.2) is 0 Å². The van der Waals surface area contributed by atoms with Crippen LogP contribution in [0.1, 0.15) is 51.8 Å². The fourth-order valence-corrected chi connectivity index (χ4v) is 4.74. The van der Waals surface area contributed by atoms with Crippen LogP contribution in [-0.2, 0) is 11.0 Å². The van der Waals surface area contributed by atoms with Gasteiger partial charge < -0.3 is 11.1 Å². The first-order valence-electron chi connectivity index (χ1n) is 13.5. The highest BCUT2D eigenvalue weighted by Crippen LogP contribution is 2.38. The fraction of sp³-hybridized carbons (Fsp3) is 0.167. The van der Waals surface area contributed by atoms with Crippen LogP contribution in [0.4, 0.5) is 28.0 Å². The molecule has 1 aliphatic carbocycles. The minimum atomic E-state index is -4.80. The number of benzodiazepines with no additional fused rings is 1. The van der Waals surface area contributed by atoms with Crippen molar-refractivity contribution in [1.82, 2.24) is 25.4 Å². The highest BCUT2D eigenvalue weighted by molar-refractivity contribution is 6.20. The van der Waals surface area contributed by atoms with Crippen molar-refractivity contribution >= 4 is 29.2 Å². The molecule has 228 valence electrons. The zero-order valence-electron chi connectivity index (χ0n) is 23.0. The molecule has 2 aliphatic rings. The molecule has 1 fully saturated rings. The quantitative estimate of drug-likeness (QED) is 0.222. The lowest BCUT2D eigenvalue weighted by atomic mass is 10.0. The van der Waals surface area contributed by atoms with E-state index < -0.39 is 47.3 Å². The SMILES string of the molecule is NC(=O)N(NC(=O)c1ncc(C(F)(F)F)cc1-c1cnc(C2CC2)nc1)[C@@H]1N=C(c2ccccc2)c2cccc(F)c2NC1=O. The third kappa shape index (κ3) is 5.91. The minimum absolute atomic E-state index is 0.0521. The molecule has 1 saturated carbocycles. The first-order valence-corrected chi connectivity index (χ1v) is 13.5. The van der Waals surface area contributed by atoms with E-state index in [-0.39, 0.29) is 34.0 Å². The van der Waals surface area contributed by atoms with Crippen molar-refractivity contribution in [2.45, 2.75) is 31.1 Å². The van der Waals surface area contributed by atoms with Gasteiger partial charge >= 0.3 is 12.2 Å². The number of alkyl halides is 3. The number of rotatable bonds is 5. The van der Waals surface area contributed by atoms with Crippen molar-refractivity contribution in [3.05, 3.63) is 107 Å². The Kier molecular flexibility index (Phi) is 7.44. The molecule has 4 aromatic rings. The molecular weight excluding hydrogens is 596 g/mol. The number of fused-ring (bicyclic) bond motifs is 1. The van der Waals surface area contributed by atoms with Crippen molar-refractivity contribution in [2.75, 3.05) is 5.32 Å². The number of aliphatic imine (C=N–C) groups is 1. The van der Waals surface area contributed by atoms with Crippen LogP contribution < -0.4 is 16.5 Å². The van der Waals surface area contributed by atoms with Gasteiger partial charge in [-0.1, -0.05) is 42.5 Å². The molecule has 1 aliphatic heterocycles. The van der Waals surface area contributed by atoms with E-state index in [0.717, 1.165) is 18.9 Å². The average Bonchev–Trinajstić information content (AvgIpc) is 3.88. The molecule has 4 amide bonds. The molecule has 4 N–H and O–H groups in total. The summed E-state index contributed by atoms with van der Waals surface area (Å²) in [7, 11) is 0. The number of primary amides is 1. The lowest BCUT2D eigenvalue weighted by Gasteiger charge is -2.26. The summed E-state index contributed by atoms with van der Waals surface area (Å²) in [4.78, 5) is 56.2. The number of urea groups is 1. The number of aromatic nitrogens is 3. The molecule has 0 bridgehead atoms. The molecule has 45 heavy (non-hydrogen) atoms. The van der Waals surface area contributed by atoms with E-state index in [2.05, 4.69) is 30.7 Å². The first kappa shape index (κ1) is 29.3. The number of benzene rings is 2. The number of para-hydroxylation sites is 1. The Morgan fingerprint density at radius 3 is 2.29 bits per heavy atom. The molecule has 1 atom stereocenters. The topological polar surface area (TPSA) is 156 Å². The zero-order chi connectivity index (χ0) is 31.9. The minimum Gasteiger partial charge on any atom is -0.350 e. The van der Waals surface area contributed by atoms with E-state index in [9.17, 15) is 31.9 Å². The Labute approximate surface area is 252 Å². The maximum Gasteiger partial charge on any atom is 0.417 e. The smallest absolute Gasteiger partial charge is 0.350 e. The molecule has 11 nitrogen and oxygen atoms in total. The lowest BCUT2D eigenvalue weighted by molar-refractivity contribution is -0.137. The second-order valence-corrected chi connectivity index (χ2v) is 10.2. The van der Waals surface area contributed by atoms with Crippen LogP contribution >= 0.6 is 0 Å². The van der Waals surface area contributed by atoms with Gasteiger partial charge in [-0.05, 0) is 25.0 Å². The van der Waals surface area contributed by atoms with E-state index in [1.54, 1.807) is 30.3 Å². The zero-order valence-corrected chi connectivity index (χ0v) is 23.0. The van der Waals surface area contributed by atoms with Gasteiger partial charge in [-0.2, -0.15) is 13.2 Å². The summed E-state index contributed by atoms with van der Waals surface area (Å²) in [5, 5.41) is 2.77. The summed E-state index contributed by atoms with van der Waals surface area (Å²) in [6.45, 7) is 0. The number of nitrogens with one attached hydrogen (secondary N) is 2. The summed E-state index contributed by atoms with van der Waals surface area (Å²) in [5.41, 5.74) is 6.30. The lowest BCUT2D eigenvalue weighted by Crippen LogP contribution is -2.57. The number of pyridine rings is 1. The fourth-order valence-electron chi connectivity index (χ4n) is 4.74. The molecule has 15 heteroatoms. The van der Waals surface area contributed by atoms with E-state index in [0.29, 0.717) is 28.7 Å². The van der Waals surface area contributed by atoms with Gasteiger partial charge in [0.1, 0.15) is 17.3 Å². The van der Waals surface area contributed by atoms with Crippen LogP contribution in [0.25, 0.3) is 11.1 Å². The second kappa shape index (κ2) is 11.4. The van der Waals surface area contributed by atoms with Crippen molar-refractivity contribution in [1.29, 1.82) is 0 Å². The number of carbonyl (C=O) groups is 3. The molecule has 0 unspecified atom stereocenters. The summed E-state index contributed by atoms with van der Waals surface area (Å²) in [6.07, 6.45) is -1.87. The van der Waals surface area contributed by atoms with Gasteiger partial charge in [-0.25, -0.2) is 34.1 Å². The van der Waals surface area contributed by atoms with Gasteiger partial charge in [0.2, 0.25) is 6.17 Å². The van der Waals surface area contributed by atoms with E-state index >= 15 is 0 Å². The number of anilines is 1. The summed E-state index contributed by atoms with van der Waals surface area (Å²) >= 11 is 0. The third-order valence-corrected chi connectivity index (χ3v) is 7.11. The van der Waals surface area contributed by atoms with Gasteiger partial charge in [0.25, 0.3) is 11.8 Å². The average molecular weight is 619 g/mol. The Balaban J connectivity index is 1.40. The van der Waals surface area contributed by atoms with Crippen LogP contribution in [0.2, 0.25) is 0 Å². The Bertz CT molecular complexity index is 1840. The van der Waals surface area contributed by atoms with Crippen LogP contribution in [0.3, 0.4) is 0 Å². The Morgan fingerprint density at radius 1 is 0.933 bits per heavy atom. The number of hydrazine groups is 1. The summed E-state index contributed by atoms with van der Waals surface area (Å²) in [6, 6.07) is 11.8. The molecule has 6 rings (SSSR count). The summed E-state index contributed by atoms with van der Waals surface area (Å²) < 4.78 is 55.8. The van der Waals surface area contributed by atoms with Crippen LogP contribution in [-0.4, -0.2) is 49.7 Å². The standard InChI is InChI=1S/C30H22F4N8O3/c31-21-8-4-7-19-22(15-5-2-1-3-6-15)39-26(28(44)40-23(19)21)42(29(35)45)41-27(43)24-20(11-18(14-36-24)30(32,33)34)17-12-37-25(38-13-17)16-9-10-16/h1-8,11-14,16,26H,9-10H2,(H2,35,45)(H,40,44)(H,41,43)/t26-/m0/s1. The van der Waals surface area contributed by atoms with Crippen LogP contribution in [0.15, 0.2) is 78.2 Å². The van der Waals surface area contributed by atoms with E-state index in [1.807, 2.05) is 0 Å². The normalized spacial score (nSPS) is 16.1. The number of nitrogens with zero attached hydrogens (tertiary/aromatic N) is 5. The number of nitrogens with two attached hydrogens (primary N) is 1. The molecule has 2 aromatic heterocycles. The highest BCUT2D eigenvalue weighted by Gasteiger charge is 2.37. The molecule has 2 aromatic carbocycles. The van der Waals surface area contributed by atoms with Gasteiger partial charge in [0, 0.05) is 46.8 Å². The third-order valence-electron chi connectivity index (χ3n) is 7.11. The maximum atomic E-state index is 14.9. The number of carbonyl (C=O) groups excluding carboxylic acids is 3. The van der Waals surface area contributed by atoms with Crippen LogP contribution in [0.5, 0.6) is 0 Å². The van der Waals surface area contributed by atoms with Crippen LogP contribution in [0, 0.1) is 5.82 Å². The number of amides is 4. The number of halogens is 4. The van der Waals surface area contributed by atoms with Crippen molar-refractivity contribution < 1.29 is 31.9 Å².